The lowest BCUT2D eigenvalue weighted by atomic mass is 9.67. The average molecular weight is 311 g/mol. The van der Waals surface area contributed by atoms with E-state index in [4.69, 9.17) is 35.1 Å². The molecule has 1 aliphatic rings. The minimum absolute atomic E-state index is 0.216. The lowest BCUT2D eigenvalue weighted by molar-refractivity contribution is -0.0193. The predicted molar refractivity (Wildman–Crippen MR) is 76.0 cm³/mol. The van der Waals surface area contributed by atoms with E-state index in [0.717, 1.165) is 6.32 Å². The van der Waals surface area contributed by atoms with Crippen LogP contribution in [0, 0.1) is 0 Å². The van der Waals surface area contributed by atoms with Gasteiger partial charge in [-0.25, -0.2) is 0 Å². The highest BCUT2D eigenvalue weighted by molar-refractivity contribution is 8.07. The molecule has 1 saturated heterocycles. The third kappa shape index (κ3) is 4.75. The van der Waals surface area contributed by atoms with Gasteiger partial charge in [0.25, 0.3) is 0 Å². The van der Waals surface area contributed by atoms with E-state index in [1.54, 1.807) is 14.2 Å². The van der Waals surface area contributed by atoms with Gasteiger partial charge in [0.2, 0.25) is 0 Å². The highest BCUT2D eigenvalue weighted by atomic mass is 32.5. The molecule has 5 atom stereocenters. The van der Waals surface area contributed by atoms with Crippen LogP contribution in [0.3, 0.4) is 0 Å². The van der Waals surface area contributed by atoms with Gasteiger partial charge in [-0.05, 0) is 11.8 Å². The van der Waals surface area contributed by atoms with E-state index < -0.39 is 12.8 Å². The van der Waals surface area contributed by atoms with Crippen molar-refractivity contribution in [3.8, 4) is 0 Å². The van der Waals surface area contributed by atoms with Crippen LogP contribution >= 0.6 is 6.72 Å². The third-order valence-electron chi connectivity index (χ3n) is 2.90. The lowest BCUT2D eigenvalue weighted by Crippen LogP contribution is -2.39. The van der Waals surface area contributed by atoms with E-state index in [-0.39, 0.29) is 18.2 Å². The molecule has 6 nitrogen and oxygen atoms in total. The maximum absolute atomic E-state index is 9.82. The first-order chi connectivity index (χ1) is 8.99. The molecule has 5 unspecified atom stereocenters. The van der Waals surface area contributed by atoms with Crippen LogP contribution < -0.4 is 0 Å². The molecule has 1 heterocycles. The molecule has 1 rings (SSSR count). The van der Waals surface area contributed by atoms with Gasteiger partial charge in [0.15, 0.2) is 7.28 Å². The predicted octanol–water partition coefficient (Wildman–Crippen LogP) is 0.763. The van der Waals surface area contributed by atoms with Crippen LogP contribution in [0.2, 0.25) is 6.32 Å². The van der Waals surface area contributed by atoms with Gasteiger partial charge in [-0.15, -0.1) is 0 Å². The summed E-state index contributed by atoms with van der Waals surface area (Å²) in [6.07, 6.45) is -0.375. The maximum atomic E-state index is 9.82. The molecule has 0 aliphatic carbocycles. The molecule has 1 aliphatic heterocycles. The Balaban J connectivity index is 2.83. The molecular weight excluding hydrogens is 290 g/mol. The zero-order valence-corrected chi connectivity index (χ0v) is 13.4. The zero-order valence-electron chi connectivity index (χ0n) is 11.6. The van der Waals surface area contributed by atoms with E-state index >= 15 is 0 Å². The average Bonchev–Trinajstić information content (AvgIpc) is 2.67. The Morgan fingerprint density at radius 1 is 1.32 bits per heavy atom. The SMILES string of the molecule is CC[B]C1OC(COC)C(OP(O)(=S)OC)C1OC. The molecule has 9 heteroatoms. The van der Waals surface area contributed by atoms with Gasteiger partial charge in [0.1, 0.15) is 18.3 Å². The van der Waals surface area contributed by atoms with E-state index in [0.29, 0.717) is 6.61 Å². The lowest BCUT2D eigenvalue weighted by Gasteiger charge is -2.26. The fraction of sp³-hybridized carbons (Fsp3) is 1.00. The van der Waals surface area contributed by atoms with Gasteiger partial charge in [-0.2, -0.15) is 0 Å². The Kier molecular flexibility index (Phi) is 7.42. The smallest absolute Gasteiger partial charge is 0.324 e. The molecule has 1 radical (unpaired) electrons. The van der Waals surface area contributed by atoms with Crippen molar-refractivity contribution in [2.75, 3.05) is 27.9 Å². The zero-order chi connectivity index (χ0) is 14.5. The fourth-order valence-corrected chi connectivity index (χ4v) is 3.02. The Morgan fingerprint density at radius 2 is 2.00 bits per heavy atom. The van der Waals surface area contributed by atoms with Crippen LogP contribution in [-0.4, -0.2) is 64.4 Å². The summed E-state index contributed by atoms with van der Waals surface area (Å²) in [7, 11) is 6.46. The molecule has 0 saturated carbocycles. The standard InChI is InChI=1S/C10H21BO6PS/c1-5-11-10-9(14-3)8(7(16-10)6-13-2)17-18(12,19)15-4/h7-10H,5-6H2,1-4H3,(H,12,19). The second-order valence-electron chi connectivity index (χ2n) is 4.16. The van der Waals surface area contributed by atoms with Gasteiger partial charge >= 0.3 is 6.72 Å². The van der Waals surface area contributed by atoms with Gasteiger partial charge in [0.05, 0.1) is 12.6 Å². The first kappa shape index (κ1) is 17.5. The summed E-state index contributed by atoms with van der Waals surface area (Å²) in [6.45, 7) is -0.930. The van der Waals surface area contributed by atoms with Crippen LogP contribution in [0.1, 0.15) is 6.92 Å². The monoisotopic (exact) mass is 311 g/mol. The van der Waals surface area contributed by atoms with Crippen molar-refractivity contribution < 1.29 is 28.2 Å². The second kappa shape index (κ2) is 8.05. The molecule has 0 aromatic rings. The number of hydrogen-bond donors (Lipinski definition) is 1. The number of hydrogen-bond acceptors (Lipinski definition) is 6. The first-order valence-electron chi connectivity index (χ1n) is 6.06. The minimum Gasteiger partial charge on any atom is -0.382 e. The van der Waals surface area contributed by atoms with Crippen molar-refractivity contribution in [1.29, 1.82) is 0 Å². The summed E-state index contributed by atoms with van der Waals surface area (Å²) >= 11 is 4.88. The Hall–Kier alpha value is 0.475. The van der Waals surface area contributed by atoms with Crippen molar-refractivity contribution in [3.63, 3.8) is 0 Å². The largest absolute Gasteiger partial charge is 0.382 e. The highest BCUT2D eigenvalue weighted by Crippen LogP contribution is 2.47. The molecular formula is C10H21BO6PS. The van der Waals surface area contributed by atoms with Crippen molar-refractivity contribution >= 4 is 25.8 Å². The van der Waals surface area contributed by atoms with Crippen LogP contribution in [0.4, 0.5) is 0 Å². The van der Waals surface area contributed by atoms with E-state index in [9.17, 15) is 4.89 Å². The number of methoxy groups -OCH3 is 2. The Bertz CT molecular complexity index is 320. The van der Waals surface area contributed by atoms with Gasteiger partial charge < -0.3 is 23.6 Å². The summed E-state index contributed by atoms with van der Waals surface area (Å²) < 4.78 is 26.7. The molecule has 19 heavy (non-hydrogen) atoms. The van der Waals surface area contributed by atoms with Crippen LogP contribution in [0.25, 0.3) is 0 Å². The van der Waals surface area contributed by atoms with Gasteiger partial charge in [0, 0.05) is 21.3 Å². The summed E-state index contributed by atoms with van der Waals surface area (Å²) in [5.74, 6) is 0. The van der Waals surface area contributed by atoms with Crippen molar-refractivity contribution in [2.45, 2.75) is 37.6 Å². The second-order valence-corrected chi connectivity index (χ2v) is 7.06. The maximum Gasteiger partial charge on any atom is 0.324 e. The topological polar surface area (TPSA) is 66.4 Å². The van der Waals surface area contributed by atoms with Crippen LogP contribution in [-0.2, 0) is 35.1 Å². The minimum atomic E-state index is -3.28. The van der Waals surface area contributed by atoms with E-state index in [2.05, 4.69) is 0 Å². The summed E-state index contributed by atoms with van der Waals surface area (Å²) in [5.41, 5.74) is 0. The summed E-state index contributed by atoms with van der Waals surface area (Å²) in [4.78, 5) is 9.82. The first-order valence-corrected chi connectivity index (χ1v) is 8.65. The van der Waals surface area contributed by atoms with E-state index in [1.165, 1.54) is 7.11 Å². The number of rotatable bonds is 8. The molecule has 1 fully saturated rings. The Morgan fingerprint density at radius 3 is 2.47 bits per heavy atom. The molecule has 0 bridgehead atoms. The molecule has 0 aromatic heterocycles. The summed E-state index contributed by atoms with van der Waals surface area (Å²) in [6, 6.07) is -0.216. The van der Waals surface area contributed by atoms with Crippen molar-refractivity contribution in [2.24, 2.45) is 0 Å². The fourth-order valence-electron chi connectivity index (χ4n) is 2.07. The van der Waals surface area contributed by atoms with E-state index in [1.807, 2.05) is 14.2 Å². The number of ether oxygens (including phenoxy) is 3. The summed E-state index contributed by atoms with van der Waals surface area (Å²) in [5, 5.41) is 0. The van der Waals surface area contributed by atoms with Gasteiger partial charge in [-0.1, -0.05) is 13.2 Å². The molecule has 111 valence electrons. The van der Waals surface area contributed by atoms with Crippen LogP contribution in [0.15, 0.2) is 0 Å². The Labute approximate surface area is 120 Å². The van der Waals surface area contributed by atoms with Crippen molar-refractivity contribution in [3.05, 3.63) is 0 Å². The van der Waals surface area contributed by atoms with Crippen molar-refractivity contribution in [1.82, 2.24) is 0 Å². The molecule has 0 aromatic carbocycles. The molecule has 0 spiro atoms. The molecule has 1 N–H and O–H groups in total. The van der Waals surface area contributed by atoms with Crippen LogP contribution in [0.5, 0.6) is 0 Å². The third-order valence-corrected chi connectivity index (χ3v) is 4.58. The normalized spacial score (nSPS) is 34.2. The molecule has 0 amide bonds. The highest BCUT2D eigenvalue weighted by Gasteiger charge is 2.47. The quantitative estimate of drug-likeness (QED) is 0.524. The van der Waals surface area contributed by atoms with Gasteiger partial charge in [-0.3, -0.25) is 4.52 Å².